The molecule has 0 aliphatic carbocycles. The summed E-state index contributed by atoms with van der Waals surface area (Å²) < 4.78 is 0. The molecule has 0 bridgehead atoms. The first kappa shape index (κ1) is 9.37. The van der Waals surface area contributed by atoms with Gasteiger partial charge in [0.2, 0.25) is 0 Å². The van der Waals surface area contributed by atoms with E-state index in [9.17, 15) is 0 Å². The maximum atomic E-state index is 6.07. The van der Waals surface area contributed by atoms with E-state index in [0.717, 1.165) is 17.0 Å². The first-order valence-electron chi connectivity index (χ1n) is 4.48. The molecule has 0 saturated carbocycles. The van der Waals surface area contributed by atoms with Crippen LogP contribution in [0.15, 0.2) is 35.0 Å². The van der Waals surface area contributed by atoms with Crippen LogP contribution in [0.25, 0.3) is 0 Å². The van der Waals surface area contributed by atoms with Gasteiger partial charge in [-0.1, -0.05) is 6.07 Å². The molecule has 2 aromatic heterocycles. The Kier molecular flexibility index (Phi) is 2.61. The van der Waals surface area contributed by atoms with Crippen molar-refractivity contribution < 1.29 is 0 Å². The molecule has 1 atom stereocenters. The minimum absolute atomic E-state index is 0.0962. The van der Waals surface area contributed by atoms with E-state index in [1.165, 1.54) is 0 Å². The molecule has 0 saturated heterocycles. The van der Waals surface area contributed by atoms with Crippen molar-refractivity contribution in [1.82, 2.24) is 4.98 Å². The van der Waals surface area contributed by atoms with E-state index in [0.29, 0.717) is 0 Å². The van der Waals surface area contributed by atoms with Gasteiger partial charge in [0.05, 0.1) is 11.7 Å². The van der Waals surface area contributed by atoms with Crippen LogP contribution in [0.5, 0.6) is 0 Å². The van der Waals surface area contributed by atoms with Crippen LogP contribution in [0.3, 0.4) is 0 Å². The van der Waals surface area contributed by atoms with Gasteiger partial charge >= 0.3 is 0 Å². The van der Waals surface area contributed by atoms with Crippen molar-refractivity contribution in [2.75, 3.05) is 0 Å². The second-order valence-corrected chi connectivity index (χ2v) is 4.02. The van der Waals surface area contributed by atoms with Crippen LogP contribution in [0.1, 0.15) is 23.0 Å². The fourth-order valence-corrected chi connectivity index (χ4v) is 2.06. The minimum atomic E-state index is -0.0962. The van der Waals surface area contributed by atoms with E-state index in [2.05, 4.69) is 10.4 Å². The number of rotatable bonds is 2. The second kappa shape index (κ2) is 3.90. The van der Waals surface area contributed by atoms with Gasteiger partial charge in [-0.3, -0.25) is 4.98 Å². The number of nitrogens with two attached hydrogens (primary N) is 1. The minimum Gasteiger partial charge on any atom is -0.319 e. The highest BCUT2D eigenvalue weighted by atomic mass is 32.1. The van der Waals surface area contributed by atoms with Crippen molar-refractivity contribution in [3.8, 4) is 0 Å². The molecule has 2 nitrogen and oxygen atoms in total. The van der Waals surface area contributed by atoms with Gasteiger partial charge in [-0.15, -0.1) is 0 Å². The van der Waals surface area contributed by atoms with Gasteiger partial charge < -0.3 is 5.73 Å². The zero-order chi connectivity index (χ0) is 9.97. The molecule has 0 aliphatic heterocycles. The Labute approximate surface area is 87.4 Å². The lowest BCUT2D eigenvalue weighted by atomic mass is 10.1. The molecule has 72 valence electrons. The van der Waals surface area contributed by atoms with Gasteiger partial charge in [0.15, 0.2) is 0 Å². The van der Waals surface area contributed by atoms with E-state index in [4.69, 9.17) is 5.73 Å². The van der Waals surface area contributed by atoms with E-state index in [-0.39, 0.29) is 6.04 Å². The maximum absolute atomic E-state index is 6.07. The lowest BCUT2D eigenvalue weighted by Gasteiger charge is -2.09. The van der Waals surface area contributed by atoms with E-state index in [1.54, 1.807) is 11.3 Å². The second-order valence-electron chi connectivity index (χ2n) is 3.24. The molecule has 3 heteroatoms. The van der Waals surface area contributed by atoms with Crippen LogP contribution < -0.4 is 5.73 Å². The Morgan fingerprint density at radius 1 is 1.36 bits per heavy atom. The van der Waals surface area contributed by atoms with Gasteiger partial charge in [-0.25, -0.2) is 0 Å². The molecule has 2 aromatic rings. The highest BCUT2D eigenvalue weighted by molar-refractivity contribution is 7.07. The molecule has 0 amide bonds. The Hall–Kier alpha value is -1.19. The summed E-state index contributed by atoms with van der Waals surface area (Å²) in [7, 11) is 0. The summed E-state index contributed by atoms with van der Waals surface area (Å²) in [5.41, 5.74) is 9.15. The average molecular weight is 204 g/mol. The summed E-state index contributed by atoms with van der Waals surface area (Å²) in [5, 5.41) is 4.10. The molecular weight excluding hydrogens is 192 g/mol. The smallest absolute Gasteiger partial charge is 0.0734 e. The number of hydrogen-bond acceptors (Lipinski definition) is 3. The van der Waals surface area contributed by atoms with E-state index >= 15 is 0 Å². The predicted octanol–water partition coefficient (Wildman–Crippen LogP) is 2.50. The number of hydrogen-bond donors (Lipinski definition) is 1. The van der Waals surface area contributed by atoms with E-state index in [1.807, 2.05) is 36.6 Å². The average Bonchev–Trinajstić information content (AvgIpc) is 2.69. The van der Waals surface area contributed by atoms with Gasteiger partial charge in [0.1, 0.15) is 0 Å². The standard InChI is InChI=1S/C11H12N2S/c1-8-3-2-4-10(13-8)11(12)9-5-6-14-7-9/h2-7,11H,12H2,1H3. The molecule has 0 aliphatic rings. The zero-order valence-corrected chi connectivity index (χ0v) is 8.79. The van der Waals surface area contributed by atoms with Crippen molar-refractivity contribution in [3.05, 3.63) is 52.0 Å². The van der Waals surface area contributed by atoms with Crippen LogP contribution >= 0.6 is 11.3 Å². The number of pyridine rings is 1. The molecule has 0 radical (unpaired) electrons. The summed E-state index contributed by atoms with van der Waals surface area (Å²) in [4.78, 5) is 4.41. The quantitative estimate of drug-likeness (QED) is 0.816. The summed E-state index contributed by atoms with van der Waals surface area (Å²) in [5.74, 6) is 0. The van der Waals surface area contributed by atoms with Crippen molar-refractivity contribution in [2.24, 2.45) is 5.73 Å². The zero-order valence-electron chi connectivity index (χ0n) is 7.97. The van der Waals surface area contributed by atoms with Gasteiger partial charge in [-0.05, 0) is 41.4 Å². The predicted molar refractivity (Wildman–Crippen MR) is 59.3 cm³/mol. The van der Waals surface area contributed by atoms with Crippen molar-refractivity contribution in [1.29, 1.82) is 0 Å². The molecule has 2 heterocycles. The summed E-state index contributed by atoms with van der Waals surface area (Å²) in [6.07, 6.45) is 0. The topological polar surface area (TPSA) is 38.9 Å². The highest BCUT2D eigenvalue weighted by Crippen LogP contribution is 2.19. The number of aryl methyl sites for hydroxylation is 1. The van der Waals surface area contributed by atoms with Crippen LogP contribution in [-0.2, 0) is 0 Å². The summed E-state index contributed by atoms with van der Waals surface area (Å²) in [6, 6.07) is 7.88. The van der Waals surface area contributed by atoms with Gasteiger partial charge in [0, 0.05) is 5.69 Å². The molecule has 1 unspecified atom stereocenters. The fraction of sp³-hybridized carbons (Fsp3) is 0.182. The molecule has 0 spiro atoms. The molecule has 2 N–H and O–H groups in total. The number of nitrogens with zero attached hydrogens (tertiary/aromatic N) is 1. The largest absolute Gasteiger partial charge is 0.319 e. The lowest BCUT2D eigenvalue weighted by molar-refractivity contribution is 0.825. The third-order valence-corrected chi connectivity index (χ3v) is 2.83. The summed E-state index contributed by atoms with van der Waals surface area (Å²) >= 11 is 1.66. The molecule has 2 rings (SSSR count). The van der Waals surface area contributed by atoms with Crippen LogP contribution in [-0.4, -0.2) is 4.98 Å². The molecule has 14 heavy (non-hydrogen) atoms. The summed E-state index contributed by atoms with van der Waals surface area (Å²) in [6.45, 7) is 1.98. The number of aromatic nitrogens is 1. The Morgan fingerprint density at radius 2 is 2.21 bits per heavy atom. The molecule has 0 aromatic carbocycles. The maximum Gasteiger partial charge on any atom is 0.0734 e. The lowest BCUT2D eigenvalue weighted by Crippen LogP contribution is -2.12. The monoisotopic (exact) mass is 204 g/mol. The normalized spacial score (nSPS) is 12.7. The first-order chi connectivity index (χ1) is 6.77. The first-order valence-corrected chi connectivity index (χ1v) is 5.43. The third-order valence-electron chi connectivity index (χ3n) is 2.13. The van der Waals surface area contributed by atoms with Gasteiger partial charge in [0.25, 0.3) is 0 Å². The highest BCUT2D eigenvalue weighted by Gasteiger charge is 2.09. The Bertz CT molecular complexity index is 409. The van der Waals surface area contributed by atoms with Crippen molar-refractivity contribution >= 4 is 11.3 Å². The van der Waals surface area contributed by atoms with Crippen molar-refractivity contribution in [3.63, 3.8) is 0 Å². The Balaban J connectivity index is 2.32. The number of thiophene rings is 1. The SMILES string of the molecule is Cc1cccc(C(N)c2ccsc2)n1. The van der Waals surface area contributed by atoms with Gasteiger partial charge in [-0.2, -0.15) is 11.3 Å². The molecule has 0 fully saturated rings. The van der Waals surface area contributed by atoms with Crippen LogP contribution in [0.2, 0.25) is 0 Å². The fourth-order valence-electron chi connectivity index (χ4n) is 1.36. The van der Waals surface area contributed by atoms with Crippen LogP contribution in [0, 0.1) is 6.92 Å². The third kappa shape index (κ3) is 1.84. The van der Waals surface area contributed by atoms with Crippen molar-refractivity contribution in [2.45, 2.75) is 13.0 Å². The van der Waals surface area contributed by atoms with E-state index < -0.39 is 0 Å². The Morgan fingerprint density at radius 3 is 2.86 bits per heavy atom. The van der Waals surface area contributed by atoms with Crippen LogP contribution in [0.4, 0.5) is 0 Å². The molecular formula is C11H12N2S.